The van der Waals surface area contributed by atoms with Gasteiger partial charge in [-0.2, -0.15) is 14.7 Å². The van der Waals surface area contributed by atoms with Gasteiger partial charge in [0, 0.05) is 26.0 Å². The lowest BCUT2D eigenvalue weighted by Crippen LogP contribution is -2.38. The summed E-state index contributed by atoms with van der Waals surface area (Å²) in [6.07, 6.45) is 3.66. The third kappa shape index (κ3) is 5.86. The molecule has 0 fully saturated rings. The molecule has 4 aromatic rings. The number of nitrogens with one attached hydrogen (secondary N) is 1. The molecule has 9 heteroatoms. The van der Waals surface area contributed by atoms with E-state index < -0.39 is 15.9 Å². The maximum absolute atomic E-state index is 12.8. The molecule has 1 N–H and O–H groups in total. The Balaban J connectivity index is 1.39. The number of nitrogens with zero attached hydrogens (tertiary/aromatic N) is 4. The average molecular weight is 500 g/mol. The largest absolute Gasteiger partial charge is 0.351 e. The Bertz CT molecular complexity index is 1470. The molecular weight excluding hydrogens is 474 g/mol. The molecule has 0 bridgehead atoms. The highest BCUT2D eigenvalue weighted by Crippen LogP contribution is 2.24. The van der Waals surface area contributed by atoms with E-state index in [0.717, 1.165) is 26.6 Å². The van der Waals surface area contributed by atoms with Gasteiger partial charge in [-0.15, -0.1) is 0 Å². The SMILES string of the molecule is CN(CC(=O)NCc1ccccc1-c1ccc(Cn2cccn2)cc1)S(=O)(=O)c1ccc(C#N)cc1. The lowest BCUT2D eigenvalue weighted by Gasteiger charge is -2.17. The zero-order valence-electron chi connectivity index (χ0n) is 19.7. The minimum Gasteiger partial charge on any atom is -0.351 e. The van der Waals surface area contributed by atoms with Gasteiger partial charge in [0.15, 0.2) is 0 Å². The Morgan fingerprint density at radius 2 is 1.75 bits per heavy atom. The zero-order chi connectivity index (χ0) is 25.5. The second-order valence-electron chi connectivity index (χ2n) is 8.23. The van der Waals surface area contributed by atoms with Crippen molar-refractivity contribution < 1.29 is 13.2 Å². The van der Waals surface area contributed by atoms with Crippen molar-refractivity contribution in [2.45, 2.75) is 18.0 Å². The van der Waals surface area contributed by atoms with E-state index in [1.165, 1.54) is 31.3 Å². The number of hydrogen-bond acceptors (Lipinski definition) is 5. The van der Waals surface area contributed by atoms with Crippen LogP contribution in [0.3, 0.4) is 0 Å². The van der Waals surface area contributed by atoms with E-state index >= 15 is 0 Å². The van der Waals surface area contributed by atoms with Crippen molar-refractivity contribution in [1.29, 1.82) is 5.26 Å². The highest BCUT2D eigenvalue weighted by molar-refractivity contribution is 7.89. The van der Waals surface area contributed by atoms with Gasteiger partial charge in [-0.05, 0) is 52.6 Å². The van der Waals surface area contributed by atoms with Crippen molar-refractivity contribution in [2.24, 2.45) is 0 Å². The van der Waals surface area contributed by atoms with E-state index in [4.69, 9.17) is 5.26 Å². The van der Waals surface area contributed by atoms with E-state index in [1.807, 2.05) is 59.4 Å². The number of rotatable bonds is 9. The van der Waals surface area contributed by atoms with Gasteiger partial charge in [0.05, 0.1) is 29.6 Å². The number of likely N-dealkylation sites (N-methyl/N-ethyl adjacent to an activating group) is 1. The monoisotopic (exact) mass is 499 g/mol. The number of amides is 1. The first-order valence-electron chi connectivity index (χ1n) is 11.2. The predicted octanol–water partition coefficient (Wildman–Crippen LogP) is 3.41. The van der Waals surface area contributed by atoms with Crippen LogP contribution in [0.15, 0.2) is 96.2 Å². The molecule has 3 aromatic carbocycles. The maximum atomic E-state index is 12.8. The van der Waals surface area contributed by atoms with Gasteiger partial charge in [-0.1, -0.05) is 48.5 Å². The van der Waals surface area contributed by atoms with Gasteiger partial charge in [-0.25, -0.2) is 8.42 Å². The van der Waals surface area contributed by atoms with E-state index in [9.17, 15) is 13.2 Å². The van der Waals surface area contributed by atoms with Gasteiger partial charge >= 0.3 is 0 Å². The van der Waals surface area contributed by atoms with Gasteiger partial charge in [-0.3, -0.25) is 9.48 Å². The summed E-state index contributed by atoms with van der Waals surface area (Å²) in [5.74, 6) is -0.418. The molecule has 0 saturated heterocycles. The lowest BCUT2D eigenvalue weighted by molar-refractivity contribution is -0.121. The first-order valence-corrected chi connectivity index (χ1v) is 12.7. The molecule has 0 unspecified atom stereocenters. The Morgan fingerprint density at radius 1 is 1.03 bits per heavy atom. The molecule has 8 nitrogen and oxygen atoms in total. The summed E-state index contributed by atoms with van der Waals surface area (Å²) in [6.45, 7) is 0.616. The second-order valence-corrected chi connectivity index (χ2v) is 10.3. The Morgan fingerprint density at radius 3 is 2.42 bits per heavy atom. The third-order valence-electron chi connectivity index (χ3n) is 5.72. The summed E-state index contributed by atoms with van der Waals surface area (Å²) >= 11 is 0. The highest BCUT2D eigenvalue weighted by atomic mass is 32.2. The number of sulfonamides is 1. The smallest absolute Gasteiger partial charge is 0.243 e. The second kappa shape index (κ2) is 11.0. The van der Waals surface area contributed by atoms with Crippen LogP contribution in [-0.4, -0.2) is 42.0 Å². The summed E-state index contributed by atoms with van der Waals surface area (Å²) in [7, 11) is -2.51. The van der Waals surface area contributed by atoms with Crippen molar-refractivity contribution in [3.63, 3.8) is 0 Å². The number of hydrogen-bond donors (Lipinski definition) is 1. The molecule has 36 heavy (non-hydrogen) atoms. The van der Waals surface area contributed by atoms with Crippen molar-refractivity contribution >= 4 is 15.9 Å². The molecule has 0 saturated carbocycles. The molecular formula is C27H25N5O3S. The van der Waals surface area contributed by atoms with Crippen LogP contribution < -0.4 is 5.32 Å². The molecule has 0 atom stereocenters. The van der Waals surface area contributed by atoms with Crippen LogP contribution >= 0.6 is 0 Å². The van der Waals surface area contributed by atoms with E-state index in [-0.39, 0.29) is 18.0 Å². The van der Waals surface area contributed by atoms with Gasteiger partial charge < -0.3 is 5.32 Å². The van der Waals surface area contributed by atoms with Crippen LogP contribution in [-0.2, 0) is 27.9 Å². The number of nitriles is 1. The van der Waals surface area contributed by atoms with Gasteiger partial charge in [0.1, 0.15) is 0 Å². The molecule has 0 aliphatic carbocycles. The molecule has 182 valence electrons. The first-order chi connectivity index (χ1) is 17.4. The van der Waals surface area contributed by atoms with Crippen LogP contribution in [0.2, 0.25) is 0 Å². The van der Waals surface area contributed by atoms with Crippen molar-refractivity contribution in [1.82, 2.24) is 19.4 Å². The number of carbonyl (C=O) groups is 1. The van der Waals surface area contributed by atoms with E-state index in [2.05, 4.69) is 22.5 Å². The Kier molecular flexibility index (Phi) is 7.59. The van der Waals surface area contributed by atoms with Crippen molar-refractivity contribution in [3.8, 4) is 17.2 Å². The predicted molar refractivity (Wildman–Crippen MR) is 136 cm³/mol. The summed E-state index contributed by atoms with van der Waals surface area (Å²) in [5, 5.41) is 16.0. The van der Waals surface area contributed by atoms with Gasteiger partial charge in [0.25, 0.3) is 0 Å². The number of carbonyl (C=O) groups excluding carboxylic acids is 1. The van der Waals surface area contributed by atoms with Crippen LogP contribution in [0.4, 0.5) is 0 Å². The molecule has 1 heterocycles. The van der Waals surface area contributed by atoms with Crippen LogP contribution in [0.5, 0.6) is 0 Å². The van der Waals surface area contributed by atoms with Gasteiger partial charge in [0.2, 0.25) is 15.9 Å². The molecule has 1 amide bonds. The first kappa shape index (κ1) is 24.9. The Hall–Kier alpha value is -4.26. The summed E-state index contributed by atoms with van der Waals surface area (Å²) in [6, 6.07) is 25.4. The average Bonchev–Trinajstić information content (AvgIpc) is 3.41. The summed E-state index contributed by atoms with van der Waals surface area (Å²) in [5.41, 5.74) is 4.41. The van der Waals surface area contributed by atoms with Crippen molar-refractivity contribution in [3.05, 3.63) is 108 Å². The zero-order valence-corrected chi connectivity index (χ0v) is 20.5. The number of benzene rings is 3. The summed E-state index contributed by atoms with van der Waals surface area (Å²) < 4.78 is 28.4. The van der Waals surface area contributed by atoms with E-state index in [0.29, 0.717) is 12.1 Å². The maximum Gasteiger partial charge on any atom is 0.243 e. The van der Waals surface area contributed by atoms with E-state index in [1.54, 1.807) is 6.20 Å². The molecule has 0 radical (unpaired) electrons. The topological polar surface area (TPSA) is 108 Å². The molecule has 1 aromatic heterocycles. The molecule has 0 aliphatic rings. The van der Waals surface area contributed by atoms with Crippen LogP contribution in [0, 0.1) is 11.3 Å². The normalized spacial score (nSPS) is 11.2. The summed E-state index contributed by atoms with van der Waals surface area (Å²) in [4.78, 5) is 12.6. The third-order valence-corrected chi connectivity index (χ3v) is 7.54. The Labute approximate surface area is 210 Å². The molecule has 0 spiro atoms. The lowest BCUT2D eigenvalue weighted by atomic mass is 9.98. The highest BCUT2D eigenvalue weighted by Gasteiger charge is 2.23. The minimum absolute atomic E-state index is 0.0261. The standard InChI is InChI=1S/C27H25N5O3S/c1-31(36(34,35)25-13-9-21(17-28)10-14-25)20-27(33)29-18-24-5-2-3-6-26(24)23-11-7-22(8-12-23)19-32-16-4-15-30-32/h2-16H,18-20H2,1H3,(H,29,33). The molecule has 4 rings (SSSR count). The van der Waals surface area contributed by atoms with Crippen LogP contribution in [0.25, 0.3) is 11.1 Å². The minimum atomic E-state index is -3.86. The fourth-order valence-corrected chi connectivity index (χ4v) is 4.87. The quantitative estimate of drug-likeness (QED) is 0.380. The fourth-order valence-electron chi connectivity index (χ4n) is 3.75. The van der Waals surface area contributed by atoms with Crippen LogP contribution in [0.1, 0.15) is 16.7 Å². The number of aromatic nitrogens is 2. The molecule has 0 aliphatic heterocycles. The van der Waals surface area contributed by atoms with Crippen molar-refractivity contribution in [2.75, 3.05) is 13.6 Å². The fraction of sp³-hybridized carbons (Fsp3) is 0.148.